The zero-order valence-electron chi connectivity index (χ0n) is 17.7. The van der Waals surface area contributed by atoms with Crippen LogP contribution in [0.5, 0.6) is 0 Å². The number of halogens is 5. The van der Waals surface area contributed by atoms with Gasteiger partial charge in [-0.3, -0.25) is 14.9 Å². The largest absolute Gasteiger partial charge is 0.366 e. The summed E-state index contributed by atoms with van der Waals surface area (Å²) >= 11 is 11.5. The molecule has 0 saturated heterocycles. The summed E-state index contributed by atoms with van der Waals surface area (Å²) in [5, 5.41) is 10.0. The van der Waals surface area contributed by atoms with Crippen LogP contribution in [0.4, 0.5) is 20.7 Å². The summed E-state index contributed by atoms with van der Waals surface area (Å²) in [5.74, 6) is -0.880. The van der Waals surface area contributed by atoms with Gasteiger partial charge in [0.2, 0.25) is 23.0 Å². The number of fused-ring (bicyclic) bond motifs is 2. The third-order valence-corrected chi connectivity index (χ3v) is 6.41. The van der Waals surface area contributed by atoms with Crippen LogP contribution in [-0.4, -0.2) is 52.7 Å². The van der Waals surface area contributed by atoms with Gasteiger partial charge in [-0.15, -0.1) is 10.2 Å². The van der Waals surface area contributed by atoms with Gasteiger partial charge in [-0.1, -0.05) is 12.1 Å². The molecule has 0 unspecified atom stereocenters. The minimum Gasteiger partial charge on any atom is -0.366 e. The maximum Gasteiger partial charge on any atom is 0.249 e. The lowest BCUT2D eigenvalue weighted by Gasteiger charge is -1.96. The van der Waals surface area contributed by atoms with Gasteiger partial charge in [0.25, 0.3) is 0 Å². The summed E-state index contributed by atoms with van der Waals surface area (Å²) in [6, 6.07) is 11.0. The van der Waals surface area contributed by atoms with Crippen molar-refractivity contribution in [3.05, 3.63) is 45.6 Å². The van der Waals surface area contributed by atoms with Gasteiger partial charge in [-0.05, 0) is 80.6 Å². The summed E-state index contributed by atoms with van der Waals surface area (Å²) in [6.45, 7) is 0. The number of carbonyl (C=O) groups is 2. The number of nitrogens with zero attached hydrogens (tertiary/aromatic N) is 6. The fourth-order valence-electron chi connectivity index (χ4n) is 2.85. The molecule has 15 heteroatoms. The monoisotopic (exact) mass is 632 g/mol. The van der Waals surface area contributed by atoms with Crippen molar-refractivity contribution < 1.29 is 18.4 Å². The van der Waals surface area contributed by atoms with E-state index in [0.717, 1.165) is 14.9 Å². The normalized spacial score (nSPS) is 22.0. The topological polar surface area (TPSA) is 133 Å². The van der Waals surface area contributed by atoms with E-state index in [1.807, 2.05) is 30.3 Å². The first kappa shape index (κ1) is 25.4. The molecule has 4 heterocycles. The third-order valence-electron chi connectivity index (χ3n) is 4.93. The van der Waals surface area contributed by atoms with E-state index in [1.165, 1.54) is 0 Å². The summed E-state index contributed by atoms with van der Waals surface area (Å²) in [5.41, 5.74) is 6.76. The fourth-order valence-corrected chi connectivity index (χ4v) is 3.91. The Balaban J connectivity index is 0.000000137. The molecule has 10 nitrogen and oxygen atoms in total. The second kappa shape index (κ2) is 10.5. The lowest BCUT2D eigenvalue weighted by atomic mass is 10.4. The van der Waals surface area contributed by atoms with Gasteiger partial charge in [-0.25, -0.2) is 17.8 Å². The summed E-state index contributed by atoms with van der Waals surface area (Å²) in [7, 11) is 0. The van der Waals surface area contributed by atoms with E-state index in [0.29, 0.717) is 18.5 Å². The number of anilines is 2. The van der Waals surface area contributed by atoms with Crippen molar-refractivity contribution in [3.8, 4) is 0 Å². The fraction of sp³-hybridized carbons (Fsp3) is 0.300. The van der Waals surface area contributed by atoms with E-state index in [2.05, 4.69) is 57.3 Å². The molecule has 0 aliphatic heterocycles. The molecule has 0 radical (unpaired) electrons. The maximum atomic E-state index is 12.7. The summed E-state index contributed by atoms with van der Waals surface area (Å²) in [6.07, 6.45) is -1.32. The van der Waals surface area contributed by atoms with Crippen LogP contribution in [0.1, 0.15) is 12.8 Å². The van der Waals surface area contributed by atoms with Crippen LogP contribution < -0.4 is 11.1 Å². The standard InChI is InChI=1S/C10H8BrFN4O.C6H5BrN4.C4H4ClFO/c11-7-2-1-3-8-13-10(15-16(7)8)14-9(17)5-4-6(5)12;7-4-2-1-3-5-9-6(8)10-11(4)5;5-4(7)2-1-3(2)6/h1-3,5-6H,4H2,(H,14,15,17);1-3H,(H2,8,10);2-3H,1H2/t5-,6+;;2-,3+/m0.0/s1. The molecule has 0 bridgehead atoms. The van der Waals surface area contributed by atoms with E-state index in [1.54, 1.807) is 15.1 Å². The van der Waals surface area contributed by atoms with Gasteiger partial charge < -0.3 is 5.73 Å². The Hall–Kier alpha value is -2.71. The number of rotatable bonds is 3. The van der Waals surface area contributed by atoms with Crippen molar-refractivity contribution in [1.29, 1.82) is 0 Å². The molecule has 6 rings (SSSR count). The summed E-state index contributed by atoms with van der Waals surface area (Å²) in [4.78, 5) is 29.5. The van der Waals surface area contributed by atoms with E-state index < -0.39 is 29.4 Å². The molecule has 2 saturated carbocycles. The molecule has 2 aliphatic rings. The highest BCUT2D eigenvalue weighted by Gasteiger charge is 2.44. The molecular weight excluding hydrogens is 618 g/mol. The van der Waals surface area contributed by atoms with Gasteiger partial charge in [-0.2, -0.15) is 9.97 Å². The SMILES string of the molecule is Nc1nc2cccc(Br)n2n1.O=C(Cl)[C@H]1C[C@H]1F.O=C(Nc1nc2cccc(Br)n2n1)[C@H]1C[C@H]1F. The van der Waals surface area contributed by atoms with Crippen LogP contribution in [0, 0.1) is 11.8 Å². The van der Waals surface area contributed by atoms with Gasteiger partial charge in [0.1, 0.15) is 21.5 Å². The number of carbonyl (C=O) groups excluding carboxylic acids is 2. The van der Waals surface area contributed by atoms with Gasteiger partial charge in [0.05, 0.1) is 11.8 Å². The minimum atomic E-state index is -1.02. The highest BCUT2D eigenvalue weighted by Crippen LogP contribution is 2.35. The van der Waals surface area contributed by atoms with Crippen LogP contribution >= 0.6 is 43.5 Å². The van der Waals surface area contributed by atoms with E-state index >= 15 is 0 Å². The Labute approximate surface area is 218 Å². The maximum absolute atomic E-state index is 12.7. The highest BCUT2D eigenvalue weighted by atomic mass is 79.9. The van der Waals surface area contributed by atoms with Gasteiger partial charge in [0.15, 0.2) is 11.3 Å². The number of hydrogen-bond acceptors (Lipinski definition) is 7. The Bertz CT molecular complexity index is 1400. The quantitative estimate of drug-likeness (QED) is 0.258. The van der Waals surface area contributed by atoms with Crippen LogP contribution in [0.25, 0.3) is 11.3 Å². The highest BCUT2D eigenvalue weighted by molar-refractivity contribution is 9.10. The van der Waals surface area contributed by atoms with Gasteiger partial charge >= 0.3 is 0 Å². The Morgan fingerprint density at radius 2 is 1.46 bits per heavy atom. The molecule has 0 spiro atoms. The number of nitrogen functional groups attached to an aromatic ring is 1. The predicted octanol–water partition coefficient (Wildman–Crippen LogP) is 3.97. The van der Waals surface area contributed by atoms with Crippen molar-refractivity contribution in [2.75, 3.05) is 11.1 Å². The second-order valence-electron chi connectivity index (χ2n) is 7.65. The Morgan fingerprint density at radius 3 is 1.89 bits per heavy atom. The lowest BCUT2D eigenvalue weighted by Crippen LogP contribution is -2.16. The van der Waals surface area contributed by atoms with Gasteiger partial charge in [0, 0.05) is 0 Å². The minimum absolute atomic E-state index is 0.195. The lowest BCUT2D eigenvalue weighted by molar-refractivity contribution is -0.117. The molecular formula is C20H17Br2ClF2N8O2. The van der Waals surface area contributed by atoms with Crippen LogP contribution in [0.3, 0.4) is 0 Å². The van der Waals surface area contributed by atoms with Crippen LogP contribution in [0.2, 0.25) is 0 Å². The number of amides is 1. The zero-order valence-corrected chi connectivity index (χ0v) is 21.6. The van der Waals surface area contributed by atoms with Crippen LogP contribution in [-0.2, 0) is 9.59 Å². The van der Waals surface area contributed by atoms with Crippen molar-refractivity contribution >= 4 is 77.8 Å². The predicted molar refractivity (Wildman–Crippen MR) is 131 cm³/mol. The molecule has 184 valence electrons. The Kier molecular flexibility index (Phi) is 7.62. The van der Waals surface area contributed by atoms with Crippen molar-refractivity contribution in [2.45, 2.75) is 25.2 Å². The van der Waals surface area contributed by atoms with Crippen LogP contribution in [0.15, 0.2) is 45.6 Å². The first-order chi connectivity index (χ1) is 16.6. The number of nitrogens with two attached hydrogens (primary N) is 1. The third kappa shape index (κ3) is 6.30. The molecule has 0 aromatic carbocycles. The average molecular weight is 635 g/mol. The van der Waals surface area contributed by atoms with Crippen molar-refractivity contribution in [1.82, 2.24) is 29.2 Å². The second-order valence-corrected chi connectivity index (χ2v) is 9.65. The molecule has 4 atom stereocenters. The molecule has 3 N–H and O–H groups in total. The molecule has 4 aromatic rings. The molecule has 4 aromatic heterocycles. The van der Waals surface area contributed by atoms with E-state index in [4.69, 9.17) is 17.3 Å². The molecule has 2 aliphatic carbocycles. The Morgan fingerprint density at radius 1 is 0.943 bits per heavy atom. The zero-order chi connectivity index (χ0) is 25.3. The first-order valence-corrected chi connectivity index (χ1v) is 12.2. The molecule has 35 heavy (non-hydrogen) atoms. The molecule has 2 fully saturated rings. The van der Waals surface area contributed by atoms with E-state index in [-0.39, 0.29) is 17.8 Å². The number of alkyl halides is 2. The first-order valence-electron chi connectivity index (χ1n) is 10.2. The van der Waals surface area contributed by atoms with Crippen molar-refractivity contribution in [2.24, 2.45) is 11.8 Å². The van der Waals surface area contributed by atoms with Crippen molar-refractivity contribution in [3.63, 3.8) is 0 Å². The average Bonchev–Trinajstić information content (AvgIpc) is 3.62. The number of hydrogen-bond donors (Lipinski definition) is 2. The van der Waals surface area contributed by atoms with E-state index in [9.17, 15) is 18.4 Å². The summed E-state index contributed by atoms with van der Waals surface area (Å²) < 4.78 is 29.2. The molecule has 1 amide bonds. The number of pyridine rings is 2. The number of aromatic nitrogens is 6. The number of nitrogens with one attached hydrogen (secondary N) is 1. The smallest absolute Gasteiger partial charge is 0.249 e.